The van der Waals surface area contributed by atoms with E-state index in [-0.39, 0.29) is 0 Å². The van der Waals surface area contributed by atoms with Crippen molar-refractivity contribution in [3.05, 3.63) is 54.4 Å². The minimum atomic E-state index is 0.441. The fourth-order valence-electron chi connectivity index (χ4n) is 2.27. The molecule has 6 nitrogen and oxygen atoms in total. The van der Waals surface area contributed by atoms with E-state index in [0.717, 1.165) is 17.0 Å². The molecule has 0 bridgehead atoms. The summed E-state index contributed by atoms with van der Waals surface area (Å²) in [5.41, 5.74) is 1.73. The van der Waals surface area contributed by atoms with Crippen LogP contribution in [0, 0.1) is 0 Å². The molecule has 0 saturated heterocycles. The highest BCUT2D eigenvalue weighted by molar-refractivity contribution is 5.62. The van der Waals surface area contributed by atoms with Gasteiger partial charge in [-0.3, -0.25) is 0 Å². The average molecular weight is 325 g/mol. The molecule has 0 radical (unpaired) electrons. The van der Waals surface area contributed by atoms with Gasteiger partial charge in [0.2, 0.25) is 5.89 Å². The van der Waals surface area contributed by atoms with E-state index in [1.54, 1.807) is 7.11 Å². The Morgan fingerprint density at radius 3 is 2.58 bits per heavy atom. The second-order valence-electron chi connectivity index (χ2n) is 5.01. The van der Waals surface area contributed by atoms with Crippen molar-refractivity contribution in [3.63, 3.8) is 0 Å². The summed E-state index contributed by atoms with van der Waals surface area (Å²) in [5, 5.41) is 11.4. The minimum Gasteiger partial charge on any atom is -0.496 e. The molecular weight excluding hydrogens is 306 g/mol. The van der Waals surface area contributed by atoms with E-state index in [4.69, 9.17) is 13.9 Å². The molecule has 124 valence electrons. The molecule has 24 heavy (non-hydrogen) atoms. The van der Waals surface area contributed by atoms with Crippen LogP contribution in [0.25, 0.3) is 11.5 Å². The van der Waals surface area contributed by atoms with E-state index in [1.165, 1.54) is 0 Å². The number of aromatic nitrogens is 2. The van der Waals surface area contributed by atoms with E-state index in [1.807, 2.05) is 55.5 Å². The van der Waals surface area contributed by atoms with Crippen LogP contribution < -0.4 is 14.8 Å². The van der Waals surface area contributed by atoms with Gasteiger partial charge in [0.25, 0.3) is 5.89 Å². The molecule has 0 aliphatic heterocycles. The van der Waals surface area contributed by atoms with Gasteiger partial charge in [-0.2, -0.15) is 0 Å². The molecule has 1 aromatic heterocycles. The van der Waals surface area contributed by atoms with Crippen LogP contribution in [-0.4, -0.2) is 23.9 Å². The third-order valence-corrected chi connectivity index (χ3v) is 3.41. The highest BCUT2D eigenvalue weighted by atomic mass is 16.5. The second-order valence-corrected chi connectivity index (χ2v) is 5.01. The normalized spacial score (nSPS) is 10.4. The van der Waals surface area contributed by atoms with E-state index >= 15 is 0 Å². The molecule has 0 aliphatic rings. The Morgan fingerprint density at radius 1 is 1.04 bits per heavy atom. The van der Waals surface area contributed by atoms with Crippen molar-refractivity contribution in [1.82, 2.24) is 10.2 Å². The Kier molecular flexibility index (Phi) is 4.96. The van der Waals surface area contributed by atoms with Gasteiger partial charge >= 0.3 is 0 Å². The lowest BCUT2D eigenvalue weighted by atomic mass is 10.2. The first-order valence-electron chi connectivity index (χ1n) is 7.72. The van der Waals surface area contributed by atoms with Gasteiger partial charge in [0.15, 0.2) is 0 Å². The first-order chi connectivity index (χ1) is 11.8. The predicted octanol–water partition coefficient (Wildman–Crippen LogP) is 3.76. The van der Waals surface area contributed by atoms with Gasteiger partial charge in [-0.1, -0.05) is 12.1 Å². The van der Waals surface area contributed by atoms with Gasteiger partial charge in [-0.15, -0.1) is 10.2 Å². The van der Waals surface area contributed by atoms with E-state index in [2.05, 4.69) is 15.5 Å². The first-order valence-corrected chi connectivity index (χ1v) is 7.72. The summed E-state index contributed by atoms with van der Waals surface area (Å²) in [4.78, 5) is 0. The molecule has 0 atom stereocenters. The third kappa shape index (κ3) is 3.65. The Balaban J connectivity index is 1.66. The zero-order valence-corrected chi connectivity index (χ0v) is 13.7. The molecule has 3 aromatic rings. The molecule has 0 amide bonds. The van der Waals surface area contributed by atoms with Gasteiger partial charge < -0.3 is 19.2 Å². The summed E-state index contributed by atoms with van der Waals surface area (Å²) in [5.74, 6) is 2.49. The van der Waals surface area contributed by atoms with Crippen LogP contribution in [0.5, 0.6) is 11.5 Å². The number of benzene rings is 2. The predicted molar refractivity (Wildman–Crippen MR) is 91.2 cm³/mol. The fraction of sp³-hybridized carbons (Fsp3) is 0.222. The summed E-state index contributed by atoms with van der Waals surface area (Å²) < 4.78 is 16.4. The number of nitrogens with one attached hydrogen (secondary N) is 1. The smallest absolute Gasteiger partial charge is 0.251 e. The topological polar surface area (TPSA) is 69.4 Å². The van der Waals surface area contributed by atoms with Crippen LogP contribution in [0.2, 0.25) is 0 Å². The van der Waals surface area contributed by atoms with Crippen LogP contribution in [0.1, 0.15) is 12.8 Å². The molecular formula is C18H19N3O3. The second kappa shape index (κ2) is 7.50. The number of para-hydroxylation sites is 1. The zero-order valence-electron chi connectivity index (χ0n) is 13.7. The van der Waals surface area contributed by atoms with Crippen LogP contribution in [-0.2, 0) is 6.54 Å². The third-order valence-electron chi connectivity index (χ3n) is 3.41. The van der Waals surface area contributed by atoms with Gasteiger partial charge in [-0.05, 0) is 43.3 Å². The molecule has 1 heterocycles. The Morgan fingerprint density at radius 2 is 1.83 bits per heavy atom. The summed E-state index contributed by atoms with van der Waals surface area (Å²) in [7, 11) is 1.61. The van der Waals surface area contributed by atoms with Crippen molar-refractivity contribution < 1.29 is 13.9 Å². The van der Waals surface area contributed by atoms with Crippen molar-refractivity contribution in [1.29, 1.82) is 0 Å². The van der Waals surface area contributed by atoms with Crippen LogP contribution in [0.3, 0.4) is 0 Å². The van der Waals surface area contributed by atoms with Gasteiger partial charge in [-0.25, -0.2) is 0 Å². The number of rotatable bonds is 7. The van der Waals surface area contributed by atoms with Gasteiger partial charge in [0.1, 0.15) is 11.5 Å². The maximum atomic E-state index is 5.71. The Hall–Kier alpha value is -3.02. The molecule has 0 saturated carbocycles. The van der Waals surface area contributed by atoms with Crippen molar-refractivity contribution >= 4 is 5.69 Å². The maximum absolute atomic E-state index is 5.71. The average Bonchev–Trinajstić information content (AvgIpc) is 3.10. The number of ether oxygens (including phenoxy) is 2. The number of methoxy groups -OCH3 is 1. The van der Waals surface area contributed by atoms with Crippen molar-refractivity contribution in [2.45, 2.75) is 13.5 Å². The summed E-state index contributed by atoms with van der Waals surface area (Å²) in [6.07, 6.45) is 0. The van der Waals surface area contributed by atoms with Gasteiger partial charge in [0, 0.05) is 5.69 Å². The lowest BCUT2D eigenvalue weighted by Gasteiger charge is -2.06. The highest BCUT2D eigenvalue weighted by Crippen LogP contribution is 2.28. The molecule has 0 spiro atoms. The number of hydrogen-bond donors (Lipinski definition) is 1. The molecule has 0 unspecified atom stereocenters. The van der Waals surface area contributed by atoms with Crippen LogP contribution >= 0.6 is 0 Å². The summed E-state index contributed by atoms with van der Waals surface area (Å²) >= 11 is 0. The van der Waals surface area contributed by atoms with Crippen molar-refractivity contribution in [2.24, 2.45) is 0 Å². The SMILES string of the molecule is CCOc1ccc(NCc2nnc(-c3ccccc3OC)o2)cc1. The van der Waals surface area contributed by atoms with E-state index in [9.17, 15) is 0 Å². The summed E-state index contributed by atoms with van der Waals surface area (Å²) in [6.45, 7) is 3.05. The van der Waals surface area contributed by atoms with Crippen LogP contribution in [0.4, 0.5) is 5.69 Å². The molecule has 3 rings (SSSR count). The maximum Gasteiger partial charge on any atom is 0.251 e. The number of anilines is 1. The van der Waals surface area contributed by atoms with Crippen molar-refractivity contribution in [2.75, 3.05) is 19.0 Å². The first kappa shape index (κ1) is 15.9. The largest absolute Gasteiger partial charge is 0.496 e. The minimum absolute atomic E-state index is 0.441. The Labute approximate surface area is 140 Å². The monoisotopic (exact) mass is 325 g/mol. The number of hydrogen-bond acceptors (Lipinski definition) is 6. The molecule has 0 fully saturated rings. The Bertz CT molecular complexity index is 784. The highest BCUT2D eigenvalue weighted by Gasteiger charge is 2.12. The quantitative estimate of drug-likeness (QED) is 0.713. The molecule has 6 heteroatoms. The lowest BCUT2D eigenvalue weighted by molar-refractivity contribution is 0.340. The van der Waals surface area contributed by atoms with E-state index < -0.39 is 0 Å². The van der Waals surface area contributed by atoms with Crippen molar-refractivity contribution in [3.8, 4) is 23.0 Å². The fourth-order valence-corrected chi connectivity index (χ4v) is 2.27. The number of nitrogens with zero attached hydrogens (tertiary/aromatic N) is 2. The standard InChI is InChI=1S/C18H19N3O3/c1-3-23-14-10-8-13(9-11-14)19-12-17-20-21-18(24-17)15-6-4-5-7-16(15)22-2/h4-11,19H,3,12H2,1-2H3. The molecule has 2 aromatic carbocycles. The molecule has 0 aliphatic carbocycles. The lowest BCUT2D eigenvalue weighted by Crippen LogP contribution is -1.99. The van der Waals surface area contributed by atoms with E-state index in [0.29, 0.717) is 30.7 Å². The van der Waals surface area contributed by atoms with Crippen LogP contribution in [0.15, 0.2) is 52.9 Å². The van der Waals surface area contributed by atoms with Gasteiger partial charge in [0.05, 0.1) is 25.8 Å². The summed E-state index contributed by atoms with van der Waals surface area (Å²) in [6, 6.07) is 15.3. The zero-order chi connectivity index (χ0) is 16.8. The molecule has 1 N–H and O–H groups in total.